The first kappa shape index (κ1) is 24.3. The van der Waals surface area contributed by atoms with Crippen LogP contribution in [0.15, 0.2) is 11.6 Å². The highest BCUT2D eigenvalue weighted by atomic mass is 16.3. The Kier molecular flexibility index (Phi) is 5.40. The molecule has 0 aromatic heterocycles. The summed E-state index contributed by atoms with van der Waals surface area (Å²) in [5.41, 5.74) is 2.35. The van der Waals surface area contributed by atoms with Gasteiger partial charge in [0.25, 0.3) is 0 Å². The second-order valence-electron chi connectivity index (χ2n) is 14.6. The summed E-state index contributed by atoms with van der Waals surface area (Å²) < 4.78 is 0. The molecule has 2 spiro atoms. The van der Waals surface area contributed by atoms with Gasteiger partial charge in [0, 0.05) is 0 Å². The number of hydrogen-bond donors (Lipinski definition) is 3. The summed E-state index contributed by atoms with van der Waals surface area (Å²) in [6.07, 6.45) is 11.3. The van der Waals surface area contributed by atoms with Crippen molar-refractivity contribution in [3.8, 4) is 0 Å². The van der Waals surface area contributed by atoms with E-state index >= 15 is 0 Å². The number of aliphatic hydroxyl groups is 3. The number of rotatable bonds is 4. The normalized spacial score (nSPS) is 53.7. The SMILES string of the molecule is CC(C)=CC[C@@H](O)[C@@H](C)[C@H]1[C@@H](O)C[C@@]2(C)[C@@H]3CC[C@H]4C(C)(C)[C@@H](O)CC[C@@]45C[C@@]35CC[C@]12C. The molecule has 0 radical (unpaired) electrons. The van der Waals surface area contributed by atoms with Crippen LogP contribution in [0.3, 0.4) is 0 Å². The third-order valence-corrected chi connectivity index (χ3v) is 13.1. The molecular weight excluding hydrogens is 408 g/mol. The lowest BCUT2D eigenvalue weighted by Gasteiger charge is -2.63. The Balaban J connectivity index is 1.45. The third-order valence-electron chi connectivity index (χ3n) is 13.1. The second kappa shape index (κ2) is 7.32. The van der Waals surface area contributed by atoms with E-state index in [0.717, 1.165) is 12.8 Å². The van der Waals surface area contributed by atoms with Gasteiger partial charge in [-0.05, 0) is 122 Å². The fourth-order valence-electron chi connectivity index (χ4n) is 11.2. The molecule has 0 aromatic carbocycles. The smallest absolute Gasteiger partial charge is 0.0604 e. The molecule has 0 aliphatic heterocycles. The Hall–Kier alpha value is -0.380. The van der Waals surface area contributed by atoms with Crippen molar-refractivity contribution in [3.05, 3.63) is 11.6 Å². The fraction of sp³-hybridized carbons (Fsp3) is 0.933. The van der Waals surface area contributed by atoms with Crippen molar-refractivity contribution in [2.75, 3.05) is 0 Å². The molecule has 188 valence electrons. The number of fused-ring (bicyclic) bond motifs is 2. The summed E-state index contributed by atoms with van der Waals surface area (Å²) >= 11 is 0. The van der Waals surface area contributed by atoms with Gasteiger partial charge in [-0.2, -0.15) is 0 Å². The topological polar surface area (TPSA) is 60.7 Å². The summed E-state index contributed by atoms with van der Waals surface area (Å²) in [5.74, 6) is 1.58. The maximum atomic E-state index is 11.5. The minimum Gasteiger partial charge on any atom is -0.393 e. The van der Waals surface area contributed by atoms with E-state index in [2.05, 4.69) is 54.5 Å². The first-order valence-electron chi connectivity index (χ1n) is 13.9. The van der Waals surface area contributed by atoms with E-state index in [9.17, 15) is 15.3 Å². The van der Waals surface area contributed by atoms with Crippen molar-refractivity contribution < 1.29 is 15.3 Å². The van der Waals surface area contributed by atoms with Gasteiger partial charge in [0.05, 0.1) is 18.3 Å². The molecule has 5 saturated carbocycles. The lowest BCUT2D eigenvalue weighted by molar-refractivity contribution is -0.164. The Morgan fingerprint density at radius 1 is 0.909 bits per heavy atom. The Labute approximate surface area is 202 Å². The molecule has 5 aliphatic carbocycles. The van der Waals surface area contributed by atoms with E-state index in [0.29, 0.717) is 29.1 Å². The highest BCUT2D eigenvalue weighted by Crippen LogP contribution is 2.89. The van der Waals surface area contributed by atoms with Gasteiger partial charge in [-0.3, -0.25) is 0 Å². The minimum atomic E-state index is -0.391. The zero-order valence-corrected chi connectivity index (χ0v) is 22.3. The van der Waals surface area contributed by atoms with Crippen LogP contribution in [0.5, 0.6) is 0 Å². The highest BCUT2D eigenvalue weighted by Gasteiger charge is 2.82. The van der Waals surface area contributed by atoms with Gasteiger partial charge in [-0.25, -0.2) is 0 Å². The Morgan fingerprint density at radius 2 is 1.55 bits per heavy atom. The first-order chi connectivity index (χ1) is 15.3. The molecular formula is C30H50O3. The fourth-order valence-corrected chi connectivity index (χ4v) is 11.2. The average molecular weight is 459 g/mol. The Bertz CT molecular complexity index is 828. The van der Waals surface area contributed by atoms with E-state index in [-0.39, 0.29) is 40.3 Å². The van der Waals surface area contributed by atoms with Crippen LogP contribution < -0.4 is 0 Å². The maximum Gasteiger partial charge on any atom is 0.0604 e. The standard InChI is InChI=1S/C30H50O3/c1-18(2)8-9-20(31)19(3)25-21(32)16-28(7)23-11-10-22-26(4,5)24(33)12-13-29(22)17-30(23,29)15-14-27(25,28)6/h8,19-25,31-33H,9-17H2,1-7H3/t19-,20-,21+,22+,23+,24+,25+,27-,28+,29-,30+/m1/s1. The minimum absolute atomic E-state index is 0.0235. The van der Waals surface area contributed by atoms with Crippen LogP contribution in [0, 0.1) is 50.7 Å². The van der Waals surface area contributed by atoms with Crippen LogP contribution in [0.2, 0.25) is 0 Å². The van der Waals surface area contributed by atoms with Gasteiger partial charge in [0.1, 0.15) is 0 Å². The summed E-state index contributed by atoms with van der Waals surface area (Å²) in [5, 5.41) is 33.4. The van der Waals surface area contributed by atoms with Gasteiger partial charge in [0.15, 0.2) is 0 Å². The molecule has 11 atom stereocenters. The van der Waals surface area contributed by atoms with Crippen LogP contribution >= 0.6 is 0 Å². The van der Waals surface area contributed by atoms with Crippen molar-refractivity contribution >= 4 is 0 Å². The zero-order valence-electron chi connectivity index (χ0n) is 22.3. The lowest BCUT2D eigenvalue weighted by atomic mass is 9.41. The summed E-state index contributed by atoms with van der Waals surface area (Å²) in [6, 6.07) is 0. The van der Waals surface area contributed by atoms with Gasteiger partial charge in [-0.1, -0.05) is 46.3 Å². The number of hydrogen-bond acceptors (Lipinski definition) is 3. The van der Waals surface area contributed by atoms with Gasteiger partial charge < -0.3 is 15.3 Å². The second-order valence-corrected chi connectivity index (χ2v) is 14.6. The van der Waals surface area contributed by atoms with E-state index in [1.807, 2.05) is 0 Å². The molecule has 3 heteroatoms. The molecule has 3 N–H and O–H groups in total. The van der Waals surface area contributed by atoms with E-state index in [1.54, 1.807) is 0 Å². The molecule has 5 fully saturated rings. The predicted octanol–water partition coefficient (Wildman–Crippen LogP) is 6.11. The van der Waals surface area contributed by atoms with Crippen molar-refractivity contribution in [1.29, 1.82) is 0 Å². The van der Waals surface area contributed by atoms with Crippen LogP contribution in [0.1, 0.15) is 106 Å². The molecule has 33 heavy (non-hydrogen) atoms. The molecule has 0 saturated heterocycles. The number of aliphatic hydroxyl groups excluding tert-OH is 3. The van der Waals surface area contributed by atoms with Crippen LogP contribution in [-0.2, 0) is 0 Å². The molecule has 0 amide bonds. The number of allylic oxidation sites excluding steroid dienone is 1. The van der Waals surface area contributed by atoms with Crippen LogP contribution in [0.25, 0.3) is 0 Å². The van der Waals surface area contributed by atoms with E-state index in [4.69, 9.17) is 0 Å². The molecule has 5 aliphatic rings. The monoisotopic (exact) mass is 458 g/mol. The molecule has 0 bridgehead atoms. The first-order valence-corrected chi connectivity index (χ1v) is 13.9. The van der Waals surface area contributed by atoms with Crippen molar-refractivity contribution in [2.45, 2.75) is 125 Å². The third kappa shape index (κ3) is 2.91. The largest absolute Gasteiger partial charge is 0.393 e. The summed E-state index contributed by atoms with van der Waals surface area (Å²) in [6.45, 7) is 16.0. The van der Waals surface area contributed by atoms with Crippen LogP contribution in [-0.4, -0.2) is 33.6 Å². The molecule has 0 unspecified atom stereocenters. The molecule has 5 rings (SSSR count). The van der Waals surface area contributed by atoms with E-state index in [1.165, 1.54) is 44.1 Å². The quantitative estimate of drug-likeness (QED) is 0.445. The molecule has 3 nitrogen and oxygen atoms in total. The molecule has 0 aromatic rings. The van der Waals surface area contributed by atoms with Gasteiger partial charge in [-0.15, -0.1) is 0 Å². The highest BCUT2D eigenvalue weighted by molar-refractivity contribution is 5.31. The zero-order chi connectivity index (χ0) is 24.2. The van der Waals surface area contributed by atoms with Crippen molar-refractivity contribution in [2.24, 2.45) is 50.7 Å². The van der Waals surface area contributed by atoms with Crippen molar-refractivity contribution in [1.82, 2.24) is 0 Å². The van der Waals surface area contributed by atoms with Crippen molar-refractivity contribution in [3.63, 3.8) is 0 Å². The Morgan fingerprint density at radius 3 is 2.21 bits per heavy atom. The summed E-state index contributed by atoms with van der Waals surface area (Å²) in [4.78, 5) is 0. The average Bonchev–Trinajstić information content (AvgIpc) is 3.34. The maximum absolute atomic E-state index is 11.5. The van der Waals surface area contributed by atoms with E-state index < -0.39 is 6.10 Å². The van der Waals surface area contributed by atoms with Gasteiger partial charge in [0.2, 0.25) is 0 Å². The van der Waals surface area contributed by atoms with Gasteiger partial charge >= 0.3 is 0 Å². The summed E-state index contributed by atoms with van der Waals surface area (Å²) in [7, 11) is 0. The predicted molar refractivity (Wildman–Crippen MR) is 133 cm³/mol. The van der Waals surface area contributed by atoms with Crippen LogP contribution in [0.4, 0.5) is 0 Å². The molecule has 0 heterocycles. The lowest BCUT2D eigenvalue weighted by Crippen LogP contribution is -2.58.